The van der Waals surface area contributed by atoms with Crippen LogP contribution < -0.4 is 0 Å². The number of nitro groups is 1. The topological polar surface area (TPSA) is 102 Å². The summed E-state index contributed by atoms with van der Waals surface area (Å²) in [5, 5.41) is 26.3. The molecule has 3 rings (SSSR count). The zero-order valence-corrected chi connectivity index (χ0v) is 17.8. The Morgan fingerprint density at radius 3 is 2.69 bits per heavy atom. The summed E-state index contributed by atoms with van der Waals surface area (Å²) in [5.74, 6) is 0.378. The molecular weight excluding hydrogens is 372 g/mol. The average molecular weight is 402 g/mol. The SMILES string of the molecule is Cc1nn(C(C)CC2CCN(C(=O)O)C(C(C)(C)C)C2)c2cc([N+](=O)[O-])ccc12. The van der Waals surface area contributed by atoms with Crippen molar-refractivity contribution >= 4 is 22.7 Å². The van der Waals surface area contributed by atoms with Crippen LogP contribution in [0, 0.1) is 28.4 Å². The quantitative estimate of drug-likeness (QED) is 0.572. The van der Waals surface area contributed by atoms with Crippen molar-refractivity contribution in [3.8, 4) is 0 Å². The van der Waals surface area contributed by atoms with Crippen LogP contribution in [0.5, 0.6) is 0 Å². The van der Waals surface area contributed by atoms with Crippen molar-refractivity contribution in [2.45, 2.75) is 66.0 Å². The van der Waals surface area contributed by atoms with Crippen LogP contribution in [-0.2, 0) is 0 Å². The molecule has 1 saturated heterocycles. The number of nitro benzene ring substituents is 1. The number of aryl methyl sites for hydroxylation is 1. The molecule has 8 nitrogen and oxygen atoms in total. The summed E-state index contributed by atoms with van der Waals surface area (Å²) in [6.45, 7) is 10.8. The number of aromatic nitrogens is 2. The number of carbonyl (C=O) groups is 1. The third-order valence-corrected chi connectivity index (χ3v) is 6.13. The third kappa shape index (κ3) is 4.21. The highest BCUT2D eigenvalue weighted by atomic mass is 16.6. The summed E-state index contributed by atoms with van der Waals surface area (Å²) in [6, 6.07) is 4.91. The van der Waals surface area contributed by atoms with Crippen LogP contribution in [0.25, 0.3) is 10.9 Å². The van der Waals surface area contributed by atoms with E-state index >= 15 is 0 Å². The number of piperidine rings is 1. The molecule has 1 aromatic heterocycles. The molecule has 0 spiro atoms. The largest absolute Gasteiger partial charge is 0.465 e. The van der Waals surface area contributed by atoms with Gasteiger partial charge in [-0.25, -0.2) is 4.79 Å². The molecule has 3 atom stereocenters. The van der Waals surface area contributed by atoms with Crippen molar-refractivity contribution in [2.24, 2.45) is 11.3 Å². The maximum atomic E-state index is 11.7. The van der Waals surface area contributed by atoms with E-state index in [4.69, 9.17) is 0 Å². The molecule has 2 heterocycles. The van der Waals surface area contributed by atoms with Crippen LogP contribution in [0.1, 0.15) is 58.7 Å². The van der Waals surface area contributed by atoms with E-state index in [2.05, 4.69) is 32.8 Å². The highest BCUT2D eigenvalue weighted by Gasteiger charge is 2.39. The smallest absolute Gasteiger partial charge is 0.407 e. The predicted molar refractivity (Wildman–Crippen MR) is 111 cm³/mol. The van der Waals surface area contributed by atoms with Gasteiger partial charge in [-0.05, 0) is 50.5 Å². The Labute approximate surface area is 170 Å². The number of amides is 1. The van der Waals surface area contributed by atoms with E-state index in [0.717, 1.165) is 35.9 Å². The molecule has 1 aliphatic heterocycles. The zero-order valence-electron chi connectivity index (χ0n) is 17.8. The molecule has 0 bridgehead atoms. The molecule has 1 aliphatic rings. The number of carboxylic acid groups (broad SMARTS) is 1. The summed E-state index contributed by atoms with van der Waals surface area (Å²) in [4.78, 5) is 24.0. The van der Waals surface area contributed by atoms with Gasteiger partial charge >= 0.3 is 6.09 Å². The number of hydrogen-bond donors (Lipinski definition) is 1. The monoisotopic (exact) mass is 402 g/mol. The molecule has 1 N–H and O–H groups in total. The Morgan fingerprint density at radius 1 is 1.41 bits per heavy atom. The van der Waals surface area contributed by atoms with Gasteiger partial charge in [0.05, 0.1) is 22.2 Å². The first-order chi connectivity index (χ1) is 13.5. The minimum Gasteiger partial charge on any atom is -0.465 e. The molecule has 2 aromatic rings. The van der Waals surface area contributed by atoms with E-state index in [-0.39, 0.29) is 28.1 Å². The second-order valence-electron chi connectivity index (χ2n) is 9.32. The van der Waals surface area contributed by atoms with Crippen LogP contribution in [-0.4, -0.2) is 43.4 Å². The first-order valence-electron chi connectivity index (χ1n) is 10.1. The maximum absolute atomic E-state index is 11.7. The van der Waals surface area contributed by atoms with E-state index in [9.17, 15) is 20.0 Å². The lowest BCUT2D eigenvalue weighted by atomic mass is 9.75. The van der Waals surface area contributed by atoms with Crippen LogP contribution in [0.2, 0.25) is 0 Å². The highest BCUT2D eigenvalue weighted by molar-refractivity contribution is 5.84. The number of benzene rings is 1. The molecule has 0 saturated carbocycles. The van der Waals surface area contributed by atoms with Gasteiger partial charge in [-0.15, -0.1) is 0 Å². The number of hydrogen-bond acceptors (Lipinski definition) is 4. The van der Waals surface area contributed by atoms with Gasteiger partial charge in [-0.2, -0.15) is 5.10 Å². The van der Waals surface area contributed by atoms with Crippen molar-refractivity contribution in [3.05, 3.63) is 34.0 Å². The lowest BCUT2D eigenvalue weighted by Gasteiger charge is -2.45. The molecular formula is C21H30N4O4. The highest BCUT2D eigenvalue weighted by Crippen LogP contribution is 2.38. The van der Waals surface area contributed by atoms with Crippen molar-refractivity contribution in [1.29, 1.82) is 0 Å². The summed E-state index contributed by atoms with van der Waals surface area (Å²) >= 11 is 0. The van der Waals surface area contributed by atoms with Crippen molar-refractivity contribution in [2.75, 3.05) is 6.54 Å². The Morgan fingerprint density at radius 2 is 2.10 bits per heavy atom. The van der Waals surface area contributed by atoms with Crippen molar-refractivity contribution in [1.82, 2.24) is 14.7 Å². The van der Waals surface area contributed by atoms with Crippen LogP contribution >= 0.6 is 0 Å². The molecule has 0 aliphatic carbocycles. The van der Waals surface area contributed by atoms with Crippen LogP contribution in [0.15, 0.2) is 18.2 Å². The lowest BCUT2D eigenvalue weighted by molar-refractivity contribution is -0.384. The molecule has 29 heavy (non-hydrogen) atoms. The van der Waals surface area contributed by atoms with Gasteiger partial charge in [0.1, 0.15) is 0 Å². The minimum atomic E-state index is -0.850. The van der Waals surface area contributed by atoms with Gasteiger partial charge in [-0.1, -0.05) is 20.8 Å². The maximum Gasteiger partial charge on any atom is 0.407 e. The fourth-order valence-electron chi connectivity index (χ4n) is 4.62. The molecule has 1 amide bonds. The van der Waals surface area contributed by atoms with Crippen LogP contribution in [0.3, 0.4) is 0 Å². The van der Waals surface area contributed by atoms with E-state index in [1.807, 2.05) is 11.6 Å². The Balaban J connectivity index is 1.83. The summed E-state index contributed by atoms with van der Waals surface area (Å²) in [6.07, 6.45) is 1.65. The number of nitrogens with zero attached hydrogens (tertiary/aromatic N) is 4. The third-order valence-electron chi connectivity index (χ3n) is 6.13. The lowest BCUT2D eigenvalue weighted by Crippen LogP contribution is -2.51. The first-order valence-corrected chi connectivity index (χ1v) is 10.1. The summed E-state index contributed by atoms with van der Waals surface area (Å²) in [5.41, 5.74) is 1.57. The second-order valence-corrected chi connectivity index (χ2v) is 9.32. The number of fused-ring (bicyclic) bond motifs is 1. The molecule has 8 heteroatoms. The standard InChI is InChI=1S/C21H30N4O4/c1-13(10-15-8-9-23(20(26)27)19(11-15)21(3,4)5)24-18-12-16(25(28)29)6-7-17(18)14(2)22-24/h6-7,12-13,15,19H,8-11H2,1-5H3,(H,26,27). The van der Waals surface area contributed by atoms with Crippen molar-refractivity contribution < 1.29 is 14.8 Å². The normalized spacial score (nSPS) is 21.3. The molecule has 3 unspecified atom stereocenters. The minimum absolute atomic E-state index is 0.0249. The predicted octanol–water partition coefficient (Wildman–Crippen LogP) is 5.01. The van der Waals surface area contributed by atoms with Gasteiger partial charge in [-0.3, -0.25) is 14.8 Å². The second kappa shape index (κ2) is 7.65. The number of non-ortho nitro benzene ring substituents is 1. The zero-order chi connectivity index (χ0) is 21.5. The van der Waals surface area contributed by atoms with Crippen LogP contribution in [0.4, 0.5) is 10.5 Å². The average Bonchev–Trinajstić information content (AvgIpc) is 2.97. The van der Waals surface area contributed by atoms with Gasteiger partial charge < -0.3 is 10.0 Å². The van der Waals surface area contributed by atoms with E-state index in [1.54, 1.807) is 17.0 Å². The number of rotatable bonds is 4. The molecule has 158 valence electrons. The molecule has 0 radical (unpaired) electrons. The van der Waals surface area contributed by atoms with Gasteiger partial charge in [0.25, 0.3) is 5.69 Å². The Kier molecular flexibility index (Phi) is 5.56. The Bertz CT molecular complexity index is 931. The summed E-state index contributed by atoms with van der Waals surface area (Å²) < 4.78 is 1.90. The first kappa shape index (κ1) is 21.1. The fraction of sp³-hybridized carbons (Fsp3) is 0.619. The Hall–Kier alpha value is -2.64. The van der Waals surface area contributed by atoms with E-state index in [0.29, 0.717) is 12.5 Å². The van der Waals surface area contributed by atoms with Crippen molar-refractivity contribution in [3.63, 3.8) is 0 Å². The van der Waals surface area contributed by atoms with E-state index < -0.39 is 6.09 Å². The number of likely N-dealkylation sites (tertiary alicyclic amines) is 1. The van der Waals surface area contributed by atoms with Gasteiger partial charge in [0.15, 0.2) is 0 Å². The van der Waals surface area contributed by atoms with E-state index in [1.165, 1.54) is 6.07 Å². The molecule has 1 fully saturated rings. The van der Waals surface area contributed by atoms with Gasteiger partial charge in [0.2, 0.25) is 0 Å². The van der Waals surface area contributed by atoms with Gasteiger partial charge in [0, 0.05) is 30.1 Å². The fourth-order valence-corrected chi connectivity index (χ4v) is 4.62. The summed E-state index contributed by atoms with van der Waals surface area (Å²) in [7, 11) is 0. The molecule has 1 aromatic carbocycles.